The number of nitrogens with one attached hydrogen (secondary N) is 1. The van der Waals surface area contributed by atoms with Crippen LogP contribution in [0.2, 0.25) is 0 Å². The number of nitrogens with zero attached hydrogens (tertiary/aromatic N) is 1. The summed E-state index contributed by atoms with van der Waals surface area (Å²) in [5.74, 6) is -0.0564. The van der Waals surface area contributed by atoms with E-state index >= 15 is 0 Å². The van der Waals surface area contributed by atoms with Crippen molar-refractivity contribution in [3.05, 3.63) is 16.1 Å². The third-order valence-electron chi connectivity index (χ3n) is 2.03. The quantitative estimate of drug-likeness (QED) is 0.797. The van der Waals surface area contributed by atoms with Gasteiger partial charge in [0.05, 0.1) is 11.3 Å². The van der Waals surface area contributed by atoms with E-state index in [1.165, 1.54) is 4.88 Å². The number of amides is 1. The summed E-state index contributed by atoms with van der Waals surface area (Å²) >= 11 is 5.72. The van der Waals surface area contributed by atoms with Crippen molar-refractivity contribution in [2.45, 2.75) is 38.5 Å². The second-order valence-corrected chi connectivity index (χ2v) is 5.35. The van der Waals surface area contributed by atoms with Crippen LogP contribution >= 0.6 is 24.0 Å². The molecule has 1 heterocycles. The first kappa shape index (κ1) is 12.5. The first-order valence-corrected chi connectivity index (χ1v) is 6.31. The lowest BCUT2D eigenvalue weighted by atomic mass is 10.3. The average Bonchev–Trinajstić information content (AvgIpc) is 2.65. The fraction of sp³-hybridized carbons (Fsp3) is 0.600. The molecular formula is C10H16N2OS2. The van der Waals surface area contributed by atoms with E-state index in [0.717, 1.165) is 11.4 Å². The van der Waals surface area contributed by atoms with Gasteiger partial charge in [0, 0.05) is 11.1 Å². The lowest BCUT2D eigenvalue weighted by molar-refractivity contribution is -0.120. The number of hydrogen-bond acceptors (Lipinski definition) is 4. The van der Waals surface area contributed by atoms with Gasteiger partial charge in [0.1, 0.15) is 5.01 Å². The zero-order chi connectivity index (χ0) is 11.4. The molecule has 0 spiro atoms. The summed E-state index contributed by atoms with van der Waals surface area (Å²) in [5.41, 5.74) is 0. The second-order valence-electron chi connectivity index (χ2n) is 3.42. The minimum absolute atomic E-state index is 0.0302. The molecule has 2 atom stereocenters. The Hall–Kier alpha value is -0.550. The predicted octanol–water partition coefficient (Wildman–Crippen LogP) is 2.20. The van der Waals surface area contributed by atoms with E-state index in [4.69, 9.17) is 0 Å². The van der Waals surface area contributed by atoms with Crippen LogP contribution in [-0.4, -0.2) is 16.1 Å². The summed E-state index contributed by atoms with van der Waals surface area (Å²) in [6, 6.07) is -0.0302. The Morgan fingerprint density at radius 1 is 1.67 bits per heavy atom. The molecule has 1 rings (SSSR count). The van der Waals surface area contributed by atoms with Crippen LogP contribution in [0.5, 0.6) is 0 Å². The highest BCUT2D eigenvalue weighted by Gasteiger charge is 2.15. The largest absolute Gasteiger partial charge is 0.346 e. The number of carbonyl (C=O) groups excluding carboxylic acids is 1. The molecule has 2 unspecified atom stereocenters. The zero-order valence-corrected chi connectivity index (χ0v) is 10.9. The molecule has 5 heteroatoms. The fourth-order valence-corrected chi connectivity index (χ4v) is 2.02. The van der Waals surface area contributed by atoms with Crippen molar-refractivity contribution in [1.82, 2.24) is 10.3 Å². The molecule has 0 aliphatic heterocycles. The number of aryl methyl sites for hydroxylation is 1. The van der Waals surface area contributed by atoms with E-state index in [2.05, 4.69) is 29.9 Å². The van der Waals surface area contributed by atoms with E-state index in [-0.39, 0.29) is 17.2 Å². The molecule has 0 saturated carbocycles. The van der Waals surface area contributed by atoms with Gasteiger partial charge in [-0.25, -0.2) is 4.98 Å². The number of hydrogen-bond donors (Lipinski definition) is 2. The summed E-state index contributed by atoms with van der Waals surface area (Å²) < 4.78 is 0. The Balaban J connectivity index is 2.60. The molecule has 15 heavy (non-hydrogen) atoms. The topological polar surface area (TPSA) is 42.0 Å². The van der Waals surface area contributed by atoms with Gasteiger partial charge >= 0.3 is 0 Å². The van der Waals surface area contributed by atoms with E-state index in [9.17, 15) is 4.79 Å². The van der Waals surface area contributed by atoms with Crippen LogP contribution in [0.1, 0.15) is 36.7 Å². The molecule has 0 fully saturated rings. The fourth-order valence-electron chi connectivity index (χ4n) is 1.08. The molecule has 1 amide bonds. The summed E-state index contributed by atoms with van der Waals surface area (Å²) in [5, 5.41) is 3.54. The molecule has 0 aliphatic carbocycles. The van der Waals surface area contributed by atoms with E-state index in [1.807, 2.05) is 13.1 Å². The molecular weight excluding hydrogens is 228 g/mol. The smallest absolute Gasteiger partial charge is 0.233 e. The van der Waals surface area contributed by atoms with Gasteiger partial charge in [-0.05, 0) is 20.3 Å². The van der Waals surface area contributed by atoms with Crippen LogP contribution < -0.4 is 5.32 Å². The summed E-state index contributed by atoms with van der Waals surface area (Å²) in [7, 11) is 0. The van der Waals surface area contributed by atoms with E-state index in [0.29, 0.717) is 0 Å². The normalized spacial score (nSPS) is 14.7. The van der Waals surface area contributed by atoms with Crippen molar-refractivity contribution in [3.63, 3.8) is 0 Å². The number of carbonyl (C=O) groups is 1. The van der Waals surface area contributed by atoms with Crippen LogP contribution in [0.3, 0.4) is 0 Å². The van der Waals surface area contributed by atoms with E-state index < -0.39 is 0 Å². The highest BCUT2D eigenvalue weighted by molar-refractivity contribution is 7.81. The van der Waals surface area contributed by atoms with Crippen LogP contribution in [-0.2, 0) is 11.2 Å². The van der Waals surface area contributed by atoms with Gasteiger partial charge in [-0.1, -0.05) is 6.92 Å². The Kier molecular flexibility index (Phi) is 4.60. The highest BCUT2D eigenvalue weighted by Crippen LogP contribution is 2.20. The third-order valence-corrected chi connectivity index (χ3v) is 3.59. The standard InChI is InChI=1S/C10H16N2OS2/c1-4-8-5-11-10(15-8)6(2)12-9(13)7(3)14/h5-7,14H,4H2,1-3H3,(H,12,13). The maximum absolute atomic E-state index is 11.4. The Bertz CT molecular complexity index is 336. The van der Waals surface area contributed by atoms with Crippen molar-refractivity contribution in [3.8, 4) is 0 Å². The minimum Gasteiger partial charge on any atom is -0.346 e. The monoisotopic (exact) mass is 244 g/mol. The number of thiazole rings is 1. The molecule has 0 radical (unpaired) electrons. The maximum Gasteiger partial charge on any atom is 0.233 e. The van der Waals surface area contributed by atoms with Crippen LogP contribution in [0.25, 0.3) is 0 Å². The lowest BCUT2D eigenvalue weighted by Gasteiger charge is -2.12. The van der Waals surface area contributed by atoms with Gasteiger partial charge in [-0.2, -0.15) is 12.6 Å². The van der Waals surface area contributed by atoms with Crippen molar-refractivity contribution < 1.29 is 4.79 Å². The van der Waals surface area contributed by atoms with Gasteiger partial charge in [0.2, 0.25) is 5.91 Å². The Morgan fingerprint density at radius 2 is 2.33 bits per heavy atom. The molecule has 0 saturated heterocycles. The maximum atomic E-state index is 11.4. The summed E-state index contributed by atoms with van der Waals surface area (Å²) in [4.78, 5) is 16.9. The van der Waals surface area contributed by atoms with Crippen molar-refractivity contribution >= 4 is 29.9 Å². The number of thiol groups is 1. The summed E-state index contributed by atoms with van der Waals surface area (Å²) in [6.45, 7) is 5.78. The van der Waals surface area contributed by atoms with Crippen molar-refractivity contribution in [2.75, 3.05) is 0 Å². The average molecular weight is 244 g/mol. The van der Waals surface area contributed by atoms with E-state index in [1.54, 1.807) is 18.3 Å². The molecule has 0 aliphatic rings. The van der Waals surface area contributed by atoms with Gasteiger partial charge in [-0.15, -0.1) is 11.3 Å². The molecule has 1 aromatic rings. The molecule has 0 bridgehead atoms. The zero-order valence-electron chi connectivity index (χ0n) is 9.15. The predicted molar refractivity (Wildman–Crippen MR) is 66.5 cm³/mol. The Morgan fingerprint density at radius 3 is 2.80 bits per heavy atom. The lowest BCUT2D eigenvalue weighted by Crippen LogP contribution is -2.31. The highest BCUT2D eigenvalue weighted by atomic mass is 32.1. The SMILES string of the molecule is CCc1cnc(C(C)NC(=O)C(C)S)s1. The van der Waals surface area contributed by atoms with Gasteiger partial charge in [-0.3, -0.25) is 4.79 Å². The minimum atomic E-state index is -0.280. The molecule has 84 valence electrons. The van der Waals surface area contributed by atoms with Crippen LogP contribution in [0.4, 0.5) is 0 Å². The first-order valence-electron chi connectivity index (χ1n) is 4.97. The molecule has 1 aromatic heterocycles. The summed E-state index contributed by atoms with van der Waals surface area (Å²) in [6.07, 6.45) is 2.86. The number of rotatable bonds is 4. The van der Waals surface area contributed by atoms with Crippen LogP contribution in [0.15, 0.2) is 6.20 Å². The van der Waals surface area contributed by atoms with Crippen LogP contribution in [0, 0.1) is 0 Å². The Labute approximate surface area is 99.7 Å². The van der Waals surface area contributed by atoms with Gasteiger partial charge < -0.3 is 5.32 Å². The first-order chi connectivity index (χ1) is 7.04. The van der Waals surface area contributed by atoms with Gasteiger partial charge in [0.25, 0.3) is 0 Å². The van der Waals surface area contributed by atoms with Crippen molar-refractivity contribution in [2.24, 2.45) is 0 Å². The second kappa shape index (κ2) is 5.51. The van der Waals surface area contributed by atoms with Crippen molar-refractivity contribution in [1.29, 1.82) is 0 Å². The molecule has 1 N–H and O–H groups in total. The molecule has 0 aromatic carbocycles. The molecule has 3 nitrogen and oxygen atoms in total. The third kappa shape index (κ3) is 3.50. The number of aromatic nitrogens is 1. The van der Waals surface area contributed by atoms with Gasteiger partial charge in [0.15, 0.2) is 0 Å².